The van der Waals surface area contributed by atoms with Crippen LogP contribution in [-0.4, -0.2) is 28.1 Å². The van der Waals surface area contributed by atoms with Crippen molar-refractivity contribution in [3.8, 4) is 0 Å². The lowest BCUT2D eigenvalue weighted by atomic mass is 10.3. The van der Waals surface area contributed by atoms with Gasteiger partial charge < -0.3 is 19.0 Å². The first-order valence-corrected chi connectivity index (χ1v) is 6.72. The number of nitrogens with one attached hydrogen (secondary N) is 1. The average molecular weight is 335 g/mol. The predicted octanol–water partition coefficient (Wildman–Crippen LogP) is 2.07. The van der Waals surface area contributed by atoms with E-state index in [-0.39, 0.29) is 11.6 Å². The van der Waals surface area contributed by atoms with E-state index in [2.05, 4.69) is 10.5 Å². The van der Waals surface area contributed by atoms with Gasteiger partial charge >= 0.3 is 11.9 Å². The van der Waals surface area contributed by atoms with Crippen LogP contribution in [0.3, 0.4) is 0 Å². The molecule has 0 aliphatic heterocycles. The smallest absolute Gasteiger partial charge is 0.433 e. The number of anilines is 1. The maximum absolute atomic E-state index is 11.8. The van der Waals surface area contributed by atoms with Crippen molar-refractivity contribution in [2.75, 3.05) is 5.32 Å². The zero-order valence-corrected chi connectivity index (χ0v) is 12.7. The van der Waals surface area contributed by atoms with Crippen molar-refractivity contribution in [3.05, 3.63) is 45.9 Å². The number of nitrogens with zero attached hydrogens (tertiary/aromatic N) is 2. The number of hydrogen-bond donors (Lipinski definition) is 1. The highest BCUT2D eigenvalue weighted by molar-refractivity contribution is 5.95. The molecule has 126 valence electrons. The molecular weight excluding hydrogens is 322 g/mol. The SMILES string of the molecule is Cc1cc(NC(=O)[C@H](C)OC(=O)/C=C/c2ccc([N+](=O)[O-])o2)no1. The Balaban J connectivity index is 1.87. The van der Waals surface area contributed by atoms with E-state index in [1.807, 2.05) is 0 Å². The van der Waals surface area contributed by atoms with E-state index in [1.165, 1.54) is 25.1 Å². The molecule has 0 radical (unpaired) electrons. The Morgan fingerprint density at radius 2 is 2.21 bits per heavy atom. The first-order chi connectivity index (χ1) is 11.3. The Morgan fingerprint density at radius 3 is 2.79 bits per heavy atom. The molecule has 10 nitrogen and oxygen atoms in total. The number of aromatic nitrogens is 1. The van der Waals surface area contributed by atoms with E-state index in [0.717, 1.165) is 12.1 Å². The molecule has 0 aromatic carbocycles. The quantitative estimate of drug-likeness (QED) is 0.366. The van der Waals surface area contributed by atoms with Gasteiger partial charge in [-0.25, -0.2) is 4.79 Å². The first kappa shape index (κ1) is 16.9. The number of carbonyl (C=O) groups excluding carboxylic acids is 2. The van der Waals surface area contributed by atoms with Gasteiger partial charge in [0.15, 0.2) is 11.9 Å². The van der Waals surface area contributed by atoms with Gasteiger partial charge in [0.05, 0.1) is 6.07 Å². The van der Waals surface area contributed by atoms with Gasteiger partial charge in [-0.05, 0) is 26.0 Å². The third-order valence-corrected chi connectivity index (χ3v) is 2.72. The maximum atomic E-state index is 11.8. The van der Waals surface area contributed by atoms with E-state index in [9.17, 15) is 19.7 Å². The van der Waals surface area contributed by atoms with E-state index < -0.39 is 28.8 Å². The summed E-state index contributed by atoms with van der Waals surface area (Å²) in [6, 6.07) is 3.99. The minimum Gasteiger partial charge on any atom is -0.449 e. The lowest BCUT2D eigenvalue weighted by Gasteiger charge is -2.10. The number of nitro groups is 1. The summed E-state index contributed by atoms with van der Waals surface area (Å²) in [5, 5.41) is 16.5. The molecule has 0 saturated carbocycles. The molecule has 10 heteroatoms. The number of esters is 1. The van der Waals surface area contributed by atoms with Crippen LogP contribution in [0.4, 0.5) is 11.7 Å². The lowest BCUT2D eigenvalue weighted by molar-refractivity contribution is -0.402. The number of aryl methyl sites for hydroxylation is 1. The van der Waals surface area contributed by atoms with E-state index >= 15 is 0 Å². The number of ether oxygens (including phenoxy) is 1. The van der Waals surface area contributed by atoms with E-state index in [0.29, 0.717) is 5.76 Å². The van der Waals surface area contributed by atoms with Crippen LogP contribution in [0, 0.1) is 17.0 Å². The van der Waals surface area contributed by atoms with Crippen molar-refractivity contribution < 1.29 is 28.2 Å². The maximum Gasteiger partial charge on any atom is 0.433 e. The molecule has 0 bridgehead atoms. The predicted molar refractivity (Wildman–Crippen MR) is 79.8 cm³/mol. The third-order valence-electron chi connectivity index (χ3n) is 2.72. The van der Waals surface area contributed by atoms with Crippen LogP contribution in [0.5, 0.6) is 0 Å². The van der Waals surface area contributed by atoms with Gasteiger partial charge in [-0.3, -0.25) is 14.9 Å². The topological polar surface area (TPSA) is 138 Å². The number of amides is 1. The minimum atomic E-state index is -1.08. The molecule has 2 heterocycles. The lowest BCUT2D eigenvalue weighted by Crippen LogP contribution is -2.29. The van der Waals surface area contributed by atoms with Crippen LogP contribution in [0.15, 0.2) is 33.2 Å². The normalized spacial score (nSPS) is 12.1. The van der Waals surface area contributed by atoms with Crippen molar-refractivity contribution in [2.45, 2.75) is 20.0 Å². The summed E-state index contributed by atoms with van der Waals surface area (Å²) in [7, 11) is 0. The van der Waals surface area contributed by atoms with Crippen LogP contribution in [-0.2, 0) is 14.3 Å². The average Bonchev–Trinajstić information content (AvgIpc) is 3.14. The van der Waals surface area contributed by atoms with Gasteiger partial charge in [0.25, 0.3) is 5.91 Å². The molecule has 0 aliphatic rings. The zero-order chi connectivity index (χ0) is 17.7. The summed E-state index contributed by atoms with van der Waals surface area (Å²) in [4.78, 5) is 33.2. The molecule has 0 aliphatic carbocycles. The fraction of sp³-hybridized carbons (Fsp3) is 0.214. The highest BCUT2D eigenvalue weighted by Crippen LogP contribution is 2.16. The summed E-state index contributed by atoms with van der Waals surface area (Å²) in [5.41, 5.74) is 0. The Labute approximate surface area is 135 Å². The van der Waals surface area contributed by atoms with Gasteiger partial charge in [0, 0.05) is 12.1 Å². The van der Waals surface area contributed by atoms with Crippen LogP contribution < -0.4 is 5.32 Å². The molecule has 2 aromatic heterocycles. The molecule has 1 atom stereocenters. The monoisotopic (exact) mass is 335 g/mol. The van der Waals surface area contributed by atoms with E-state index in [4.69, 9.17) is 13.7 Å². The fourth-order valence-corrected chi connectivity index (χ4v) is 1.60. The van der Waals surface area contributed by atoms with Crippen molar-refractivity contribution in [1.82, 2.24) is 5.16 Å². The first-order valence-electron chi connectivity index (χ1n) is 6.72. The largest absolute Gasteiger partial charge is 0.449 e. The molecule has 1 amide bonds. The Morgan fingerprint density at radius 1 is 1.46 bits per heavy atom. The zero-order valence-electron chi connectivity index (χ0n) is 12.7. The molecule has 1 N–H and O–H groups in total. The molecular formula is C14H13N3O7. The second-order valence-electron chi connectivity index (χ2n) is 4.66. The van der Waals surface area contributed by atoms with Gasteiger partial charge in [-0.2, -0.15) is 0 Å². The van der Waals surface area contributed by atoms with Crippen LogP contribution in [0.25, 0.3) is 6.08 Å². The van der Waals surface area contributed by atoms with Crippen LogP contribution in [0.2, 0.25) is 0 Å². The minimum absolute atomic E-state index is 0.105. The standard InChI is InChI=1S/C14H13N3O7/c1-8-7-11(16-24-8)15-14(19)9(2)22-13(18)6-4-10-3-5-12(23-10)17(20)21/h3-7,9H,1-2H3,(H,15,16,19)/b6-4+/t9-/m0/s1. The molecule has 0 unspecified atom stereocenters. The van der Waals surface area contributed by atoms with Crippen molar-refractivity contribution in [1.29, 1.82) is 0 Å². The third kappa shape index (κ3) is 4.53. The summed E-state index contributed by atoms with van der Waals surface area (Å²) in [5.74, 6) is -1.01. The summed E-state index contributed by atoms with van der Waals surface area (Å²) in [6.45, 7) is 3.04. The summed E-state index contributed by atoms with van der Waals surface area (Å²) >= 11 is 0. The van der Waals surface area contributed by atoms with Crippen molar-refractivity contribution in [3.63, 3.8) is 0 Å². The van der Waals surface area contributed by atoms with Gasteiger partial charge in [-0.1, -0.05) is 5.16 Å². The van der Waals surface area contributed by atoms with Gasteiger partial charge in [0.1, 0.15) is 16.4 Å². The second-order valence-corrected chi connectivity index (χ2v) is 4.66. The number of hydrogen-bond acceptors (Lipinski definition) is 8. The second kappa shape index (κ2) is 7.22. The molecule has 0 spiro atoms. The number of rotatable bonds is 6. The summed E-state index contributed by atoms with van der Waals surface area (Å²) < 4.78 is 14.5. The molecule has 2 aromatic rings. The molecule has 0 saturated heterocycles. The number of carbonyl (C=O) groups is 2. The highest BCUT2D eigenvalue weighted by Gasteiger charge is 2.18. The highest BCUT2D eigenvalue weighted by atomic mass is 16.6. The summed E-state index contributed by atoms with van der Waals surface area (Å²) in [6.07, 6.45) is 1.11. The fourth-order valence-electron chi connectivity index (χ4n) is 1.60. The molecule has 2 rings (SSSR count). The Kier molecular flexibility index (Phi) is 5.09. The van der Waals surface area contributed by atoms with Crippen molar-refractivity contribution in [2.24, 2.45) is 0 Å². The van der Waals surface area contributed by atoms with E-state index in [1.54, 1.807) is 6.92 Å². The Hall–Kier alpha value is -3.43. The molecule has 0 fully saturated rings. The Bertz CT molecular complexity index is 790. The van der Waals surface area contributed by atoms with Crippen LogP contribution >= 0.6 is 0 Å². The number of furan rings is 1. The van der Waals surface area contributed by atoms with Crippen LogP contribution in [0.1, 0.15) is 18.4 Å². The van der Waals surface area contributed by atoms with Gasteiger partial charge in [-0.15, -0.1) is 0 Å². The molecule has 24 heavy (non-hydrogen) atoms. The van der Waals surface area contributed by atoms with Gasteiger partial charge in [0.2, 0.25) is 0 Å². The van der Waals surface area contributed by atoms with Crippen molar-refractivity contribution >= 4 is 29.7 Å².